The molecule has 6 nitrogen and oxygen atoms in total. The Morgan fingerprint density at radius 2 is 2.00 bits per heavy atom. The van der Waals surface area contributed by atoms with Gasteiger partial charge in [-0.05, 0) is 30.2 Å². The van der Waals surface area contributed by atoms with E-state index in [1.54, 1.807) is 12.1 Å². The number of ether oxygens (including phenoxy) is 2. The van der Waals surface area contributed by atoms with Crippen LogP contribution in [0.3, 0.4) is 0 Å². The van der Waals surface area contributed by atoms with Gasteiger partial charge in [-0.25, -0.2) is 4.98 Å². The van der Waals surface area contributed by atoms with Crippen molar-refractivity contribution in [1.82, 2.24) is 15.3 Å². The van der Waals surface area contributed by atoms with Crippen molar-refractivity contribution in [3.63, 3.8) is 0 Å². The number of H-pyrrole nitrogens is 1. The van der Waals surface area contributed by atoms with Gasteiger partial charge in [0.25, 0.3) is 5.91 Å². The van der Waals surface area contributed by atoms with Gasteiger partial charge in [-0.3, -0.25) is 4.79 Å². The highest BCUT2D eigenvalue weighted by Crippen LogP contribution is 2.38. The second-order valence-corrected chi connectivity index (χ2v) is 7.22. The molecular formula is C20H20ClN3O3. The van der Waals surface area contributed by atoms with Crippen molar-refractivity contribution in [2.75, 3.05) is 13.2 Å². The fourth-order valence-electron chi connectivity index (χ4n) is 3.14. The van der Waals surface area contributed by atoms with Gasteiger partial charge in [0, 0.05) is 5.56 Å². The topological polar surface area (TPSA) is 76.2 Å². The van der Waals surface area contributed by atoms with E-state index in [4.69, 9.17) is 21.1 Å². The second kappa shape index (κ2) is 7.12. The molecule has 2 aromatic carbocycles. The molecule has 27 heavy (non-hydrogen) atoms. The van der Waals surface area contributed by atoms with Crippen molar-refractivity contribution < 1.29 is 14.3 Å². The van der Waals surface area contributed by atoms with E-state index in [1.165, 1.54) is 0 Å². The van der Waals surface area contributed by atoms with Crippen LogP contribution in [-0.4, -0.2) is 29.1 Å². The minimum atomic E-state index is -0.267. The van der Waals surface area contributed by atoms with Crippen molar-refractivity contribution in [1.29, 1.82) is 0 Å². The lowest BCUT2D eigenvalue weighted by atomic mass is 10.0. The number of aromatic nitrogens is 2. The van der Waals surface area contributed by atoms with Crippen LogP contribution in [0.15, 0.2) is 36.4 Å². The largest absolute Gasteiger partial charge is 0.486 e. The minimum absolute atomic E-state index is 0.141. The van der Waals surface area contributed by atoms with Crippen LogP contribution in [0, 0.1) is 5.92 Å². The molecule has 1 aromatic heterocycles. The Hall–Kier alpha value is -2.73. The number of nitrogens with one attached hydrogen (secondary N) is 2. The third kappa shape index (κ3) is 3.45. The predicted octanol–water partition coefficient (Wildman–Crippen LogP) is 4.11. The first-order valence-electron chi connectivity index (χ1n) is 8.87. The zero-order valence-electron chi connectivity index (χ0n) is 15.1. The van der Waals surface area contributed by atoms with E-state index < -0.39 is 0 Å². The number of carbonyl (C=O) groups is 1. The number of imidazole rings is 1. The smallest absolute Gasteiger partial charge is 0.252 e. The summed E-state index contributed by atoms with van der Waals surface area (Å²) in [6.07, 6.45) is 0. The SMILES string of the molecule is CC(C)[C@H](NC(=O)c1cc(Cl)c2c(c1)OCCO2)c1nc2ccccc2[nH]1. The monoisotopic (exact) mass is 385 g/mol. The molecule has 140 valence electrons. The van der Waals surface area contributed by atoms with Gasteiger partial charge in [0.1, 0.15) is 19.0 Å². The fourth-order valence-corrected chi connectivity index (χ4v) is 3.40. The van der Waals surface area contributed by atoms with Gasteiger partial charge in [-0.2, -0.15) is 0 Å². The van der Waals surface area contributed by atoms with E-state index in [0.717, 1.165) is 16.9 Å². The number of rotatable bonds is 4. The van der Waals surface area contributed by atoms with Gasteiger partial charge in [-0.1, -0.05) is 37.6 Å². The number of aromatic amines is 1. The number of hydrogen-bond donors (Lipinski definition) is 2. The molecule has 4 rings (SSSR count). The second-order valence-electron chi connectivity index (χ2n) is 6.82. The van der Waals surface area contributed by atoms with E-state index in [1.807, 2.05) is 38.1 Å². The van der Waals surface area contributed by atoms with E-state index >= 15 is 0 Å². The average molecular weight is 386 g/mol. The number of benzene rings is 2. The number of carbonyl (C=O) groups excluding carboxylic acids is 1. The van der Waals surface area contributed by atoms with E-state index in [2.05, 4.69) is 15.3 Å². The lowest BCUT2D eigenvalue weighted by Gasteiger charge is -2.22. The Kier molecular flexibility index (Phi) is 4.66. The fraction of sp³-hybridized carbons (Fsp3) is 0.300. The van der Waals surface area contributed by atoms with Gasteiger partial charge in [-0.15, -0.1) is 0 Å². The molecule has 7 heteroatoms. The van der Waals surface area contributed by atoms with Gasteiger partial charge >= 0.3 is 0 Å². The summed E-state index contributed by atoms with van der Waals surface area (Å²) in [5, 5.41) is 3.42. The molecule has 2 heterocycles. The molecule has 3 aromatic rings. The van der Waals surface area contributed by atoms with Crippen LogP contribution < -0.4 is 14.8 Å². The third-order valence-electron chi connectivity index (χ3n) is 4.51. The molecule has 2 N–H and O–H groups in total. The van der Waals surface area contributed by atoms with Crippen LogP contribution in [0.5, 0.6) is 11.5 Å². The Morgan fingerprint density at radius 1 is 1.22 bits per heavy atom. The molecule has 0 aliphatic carbocycles. The molecule has 0 bridgehead atoms. The summed E-state index contributed by atoms with van der Waals surface area (Å²) in [6, 6.07) is 10.8. The van der Waals surface area contributed by atoms with Gasteiger partial charge < -0.3 is 19.8 Å². The normalized spacial score (nSPS) is 14.4. The summed E-state index contributed by atoms with van der Waals surface area (Å²) < 4.78 is 11.1. The zero-order chi connectivity index (χ0) is 19.0. The molecule has 0 radical (unpaired) electrons. The van der Waals surface area contributed by atoms with E-state index in [0.29, 0.717) is 35.3 Å². The van der Waals surface area contributed by atoms with Gasteiger partial charge in [0.2, 0.25) is 0 Å². The molecular weight excluding hydrogens is 366 g/mol. The minimum Gasteiger partial charge on any atom is -0.486 e. The lowest BCUT2D eigenvalue weighted by Crippen LogP contribution is -2.32. The Labute approximate surface area is 161 Å². The Morgan fingerprint density at radius 3 is 2.78 bits per heavy atom. The lowest BCUT2D eigenvalue weighted by molar-refractivity contribution is 0.0922. The number of para-hydroxylation sites is 2. The van der Waals surface area contributed by atoms with Gasteiger partial charge in [0.05, 0.1) is 22.1 Å². The van der Waals surface area contributed by atoms with Crippen LogP contribution >= 0.6 is 11.6 Å². The van der Waals surface area contributed by atoms with Crippen LogP contribution in [0.1, 0.15) is 36.1 Å². The van der Waals surface area contributed by atoms with Crippen molar-refractivity contribution >= 4 is 28.5 Å². The van der Waals surface area contributed by atoms with Crippen LogP contribution in [-0.2, 0) is 0 Å². The summed E-state index contributed by atoms with van der Waals surface area (Å²) in [5.41, 5.74) is 2.23. The summed E-state index contributed by atoms with van der Waals surface area (Å²) in [4.78, 5) is 20.8. The Bertz CT molecular complexity index is 966. The number of fused-ring (bicyclic) bond motifs is 2. The molecule has 0 saturated heterocycles. The molecule has 0 fully saturated rings. The summed E-state index contributed by atoms with van der Waals surface area (Å²) in [7, 11) is 0. The van der Waals surface area contributed by atoms with Crippen LogP contribution in [0.25, 0.3) is 11.0 Å². The molecule has 1 aliphatic rings. The molecule has 1 amide bonds. The van der Waals surface area contributed by atoms with Crippen molar-refractivity contribution in [2.24, 2.45) is 5.92 Å². The quantitative estimate of drug-likeness (QED) is 0.708. The maximum absolute atomic E-state index is 12.9. The highest BCUT2D eigenvalue weighted by molar-refractivity contribution is 6.32. The van der Waals surface area contributed by atoms with Gasteiger partial charge in [0.15, 0.2) is 11.5 Å². The maximum atomic E-state index is 12.9. The number of amides is 1. The van der Waals surface area contributed by atoms with E-state index in [9.17, 15) is 4.79 Å². The standard InChI is InChI=1S/C20H20ClN3O3/c1-11(2)17(19-22-14-5-3-4-6-15(14)23-19)24-20(25)12-9-13(21)18-16(10-12)26-7-8-27-18/h3-6,9-11,17H,7-8H2,1-2H3,(H,22,23)(H,24,25)/t17-/m0/s1. The first-order chi connectivity index (χ1) is 13.0. The number of halogens is 1. The molecule has 0 unspecified atom stereocenters. The van der Waals surface area contributed by atoms with Crippen LogP contribution in [0.4, 0.5) is 0 Å². The maximum Gasteiger partial charge on any atom is 0.252 e. The van der Waals surface area contributed by atoms with Crippen LogP contribution in [0.2, 0.25) is 5.02 Å². The molecule has 1 atom stereocenters. The Balaban J connectivity index is 1.62. The number of hydrogen-bond acceptors (Lipinski definition) is 4. The predicted molar refractivity (Wildman–Crippen MR) is 104 cm³/mol. The average Bonchev–Trinajstić information content (AvgIpc) is 3.09. The first-order valence-corrected chi connectivity index (χ1v) is 9.25. The van der Waals surface area contributed by atoms with Crippen molar-refractivity contribution in [3.8, 4) is 11.5 Å². The van der Waals surface area contributed by atoms with Crippen molar-refractivity contribution in [2.45, 2.75) is 19.9 Å². The van der Waals surface area contributed by atoms with E-state index in [-0.39, 0.29) is 17.9 Å². The van der Waals surface area contributed by atoms with Crippen molar-refractivity contribution in [3.05, 3.63) is 52.8 Å². The molecule has 1 aliphatic heterocycles. The molecule has 0 spiro atoms. The summed E-state index contributed by atoms with van der Waals surface area (Å²) >= 11 is 6.26. The molecule has 0 saturated carbocycles. The third-order valence-corrected chi connectivity index (χ3v) is 4.80. The zero-order valence-corrected chi connectivity index (χ0v) is 15.8. The first kappa shape index (κ1) is 17.7. The summed E-state index contributed by atoms with van der Waals surface area (Å²) in [6.45, 7) is 4.95. The highest BCUT2D eigenvalue weighted by atomic mass is 35.5. The highest BCUT2D eigenvalue weighted by Gasteiger charge is 2.24. The summed E-state index contributed by atoms with van der Waals surface area (Å²) in [5.74, 6) is 1.60. The number of nitrogens with zero attached hydrogens (tertiary/aromatic N) is 1.